The molecule has 2 rings (SSSR count). The molecule has 0 saturated heterocycles. The summed E-state index contributed by atoms with van der Waals surface area (Å²) >= 11 is 3.42. The number of hydrogen-bond acceptors (Lipinski definition) is 3. The Hall–Kier alpha value is -1.36. The fourth-order valence-electron chi connectivity index (χ4n) is 1.75. The summed E-state index contributed by atoms with van der Waals surface area (Å²) in [5.74, 6) is -0.406. The second-order valence-corrected chi connectivity index (χ2v) is 4.96. The molecular weight excluding hydrogens is 284 g/mol. The fourth-order valence-corrected chi connectivity index (χ4v) is 2.10. The van der Waals surface area contributed by atoms with Crippen LogP contribution in [0.1, 0.15) is 30.4 Å². The zero-order valence-corrected chi connectivity index (χ0v) is 11.5. The molecule has 0 unspecified atom stereocenters. The number of hydrogen-bond donors (Lipinski definition) is 0. The van der Waals surface area contributed by atoms with E-state index in [-0.39, 0.29) is 6.04 Å². The van der Waals surface area contributed by atoms with Gasteiger partial charge >= 0.3 is 5.97 Å². The van der Waals surface area contributed by atoms with Crippen LogP contribution in [0.2, 0.25) is 0 Å². The third-order valence-corrected chi connectivity index (χ3v) is 3.03. The molecule has 0 bridgehead atoms. The summed E-state index contributed by atoms with van der Waals surface area (Å²) < 4.78 is 7.53. The maximum Gasteiger partial charge on any atom is 0.359 e. The summed E-state index contributed by atoms with van der Waals surface area (Å²) in [4.78, 5) is 11.6. The SMILES string of the molecule is COC(=O)c1nn(C(C)C)c2cc(Br)ccc12. The molecule has 1 aromatic carbocycles. The number of ether oxygens (including phenoxy) is 1. The van der Waals surface area contributed by atoms with Gasteiger partial charge in [0.1, 0.15) is 0 Å². The summed E-state index contributed by atoms with van der Waals surface area (Å²) in [7, 11) is 1.36. The lowest BCUT2D eigenvalue weighted by Gasteiger charge is -2.06. The minimum Gasteiger partial charge on any atom is -0.464 e. The van der Waals surface area contributed by atoms with Crippen molar-refractivity contribution in [3.05, 3.63) is 28.4 Å². The Kier molecular flexibility index (Phi) is 3.19. The molecule has 1 aromatic heterocycles. The summed E-state index contributed by atoms with van der Waals surface area (Å²) in [6.45, 7) is 4.04. The Morgan fingerprint density at radius 2 is 2.18 bits per heavy atom. The summed E-state index contributed by atoms with van der Waals surface area (Å²) in [6, 6.07) is 5.90. The van der Waals surface area contributed by atoms with E-state index >= 15 is 0 Å². The molecule has 0 spiro atoms. The summed E-state index contributed by atoms with van der Waals surface area (Å²) in [6.07, 6.45) is 0. The first-order chi connectivity index (χ1) is 8.04. The predicted molar refractivity (Wildman–Crippen MR) is 69.2 cm³/mol. The van der Waals surface area contributed by atoms with E-state index in [0.717, 1.165) is 15.4 Å². The number of rotatable bonds is 2. The number of carbonyl (C=O) groups excluding carboxylic acids is 1. The normalized spacial score (nSPS) is 11.1. The maximum atomic E-state index is 11.6. The van der Waals surface area contributed by atoms with Crippen molar-refractivity contribution in [2.24, 2.45) is 0 Å². The first kappa shape index (κ1) is 12.1. The molecular formula is C12H13BrN2O2. The number of esters is 1. The molecule has 2 aromatic rings. The fraction of sp³-hybridized carbons (Fsp3) is 0.333. The highest BCUT2D eigenvalue weighted by Crippen LogP contribution is 2.25. The Bertz CT molecular complexity index is 575. The van der Waals surface area contributed by atoms with Crippen LogP contribution in [0.15, 0.2) is 22.7 Å². The standard InChI is InChI=1S/C12H13BrN2O2/c1-7(2)15-10-6-8(13)4-5-9(10)11(14-15)12(16)17-3/h4-7H,1-3H3. The average molecular weight is 297 g/mol. The zero-order chi connectivity index (χ0) is 12.6. The van der Waals surface area contributed by atoms with Gasteiger partial charge in [0.25, 0.3) is 0 Å². The van der Waals surface area contributed by atoms with Crippen molar-refractivity contribution in [3.63, 3.8) is 0 Å². The lowest BCUT2D eigenvalue weighted by atomic mass is 10.2. The second kappa shape index (κ2) is 4.49. The smallest absolute Gasteiger partial charge is 0.359 e. The maximum absolute atomic E-state index is 11.6. The topological polar surface area (TPSA) is 44.1 Å². The van der Waals surface area contributed by atoms with Crippen LogP contribution < -0.4 is 0 Å². The monoisotopic (exact) mass is 296 g/mol. The van der Waals surface area contributed by atoms with Crippen molar-refractivity contribution in [1.82, 2.24) is 9.78 Å². The number of benzene rings is 1. The second-order valence-electron chi connectivity index (χ2n) is 4.04. The first-order valence-corrected chi connectivity index (χ1v) is 6.10. The molecule has 0 atom stereocenters. The first-order valence-electron chi connectivity index (χ1n) is 5.30. The number of aromatic nitrogens is 2. The molecule has 0 amide bonds. The van der Waals surface area contributed by atoms with Crippen molar-refractivity contribution in [1.29, 1.82) is 0 Å². The van der Waals surface area contributed by atoms with Gasteiger partial charge in [-0.05, 0) is 32.0 Å². The Morgan fingerprint density at radius 1 is 1.47 bits per heavy atom. The van der Waals surface area contributed by atoms with Crippen molar-refractivity contribution in [2.45, 2.75) is 19.9 Å². The highest BCUT2D eigenvalue weighted by Gasteiger charge is 2.18. The van der Waals surface area contributed by atoms with Crippen LogP contribution in [0.5, 0.6) is 0 Å². The van der Waals surface area contributed by atoms with Gasteiger partial charge in [-0.2, -0.15) is 5.10 Å². The van der Waals surface area contributed by atoms with Gasteiger partial charge in [0.2, 0.25) is 0 Å². The Morgan fingerprint density at radius 3 is 2.76 bits per heavy atom. The Balaban J connectivity index is 2.75. The lowest BCUT2D eigenvalue weighted by Crippen LogP contribution is -2.06. The highest BCUT2D eigenvalue weighted by atomic mass is 79.9. The van der Waals surface area contributed by atoms with Gasteiger partial charge < -0.3 is 4.74 Å². The third-order valence-electron chi connectivity index (χ3n) is 2.54. The van der Waals surface area contributed by atoms with Gasteiger partial charge in [-0.1, -0.05) is 15.9 Å². The number of halogens is 1. The van der Waals surface area contributed by atoms with Gasteiger partial charge in [-0.3, -0.25) is 4.68 Å². The number of fused-ring (bicyclic) bond motifs is 1. The predicted octanol–water partition coefficient (Wildman–Crippen LogP) is 3.17. The Labute approximate surface area is 108 Å². The van der Waals surface area contributed by atoms with Gasteiger partial charge in [-0.25, -0.2) is 4.79 Å². The molecule has 1 heterocycles. The van der Waals surface area contributed by atoms with Crippen LogP contribution in [-0.4, -0.2) is 22.9 Å². The molecule has 0 aliphatic rings. The molecule has 0 saturated carbocycles. The van der Waals surface area contributed by atoms with Crippen molar-refractivity contribution >= 4 is 32.8 Å². The average Bonchev–Trinajstić information content (AvgIpc) is 2.66. The largest absolute Gasteiger partial charge is 0.464 e. The summed E-state index contributed by atoms with van der Waals surface area (Å²) in [5.41, 5.74) is 1.29. The van der Waals surface area contributed by atoms with Gasteiger partial charge in [0.15, 0.2) is 5.69 Å². The van der Waals surface area contributed by atoms with Gasteiger partial charge in [0, 0.05) is 15.9 Å². The molecule has 0 aliphatic carbocycles. The number of carbonyl (C=O) groups is 1. The lowest BCUT2D eigenvalue weighted by molar-refractivity contribution is 0.0595. The van der Waals surface area contributed by atoms with Gasteiger partial charge in [-0.15, -0.1) is 0 Å². The van der Waals surface area contributed by atoms with Crippen LogP contribution in [0.25, 0.3) is 10.9 Å². The quantitative estimate of drug-likeness (QED) is 0.800. The van der Waals surface area contributed by atoms with Crippen LogP contribution in [0.4, 0.5) is 0 Å². The molecule has 0 N–H and O–H groups in total. The van der Waals surface area contributed by atoms with Gasteiger partial charge in [0.05, 0.1) is 12.6 Å². The molecule has 5 heteroatoms. The van der Waals surface area contributed by atoms with E-state index in [9.17, 15) is 4.79 Å². The highest BCUT2D eigenvalue weighted by molar-refractivity contribution is 9.10. The molecule has 4 nitrogen and oxygen atoms in total. The van der Waals surface area contributed by atoms with Crippen LogP contribution in [-0.2, 0) is 4.74 Å². The van der Waals surface area contributed by atoms with E-state index in [2.05, 4.69) is 21.0 Å². The van der Waals surface area contributed by atoms with Crippen LogP contribution in [0, 0.1) is 0 Å². The molecule has 0 aliphatic heterocycles. The van der Waals surface area contributed by atoms with E-state index in [1.54, 1.807) is 0 Å². The van der Waals surface area contributed by atoms with E-state index < -0.39 is 5.97 Å². The minimum absolute atomic E-state index is 0.185. The van der Waals surface area contributed by atoms with Crippen LogP contribution in [0.3, 0.4) is 0 Å². The molecule has 90 valence electrons. The minimum atomic E-state index is -0.406. The van der Waals surface area contributed by atoms with Crippen molar-refractivity contribution < 1.29 is 9.53 Å². The van der Waals surface area contributed by atoms with Crippen molar-refractivity contribution in [2.75, 3.05) is 7.11 Å². The van der Waals surface area contributed by atoms with Crippen LogP contribution >= 0.6 is 15.9 Å². The number of methoxy groups -OCH3 is 1. The van der Waals surface area contributed by atoms with E-state index in [0.29, 0.717) is 5.69 Å². The third kappa shape index (κ3) is 2.07. The molecule has 0 fully saturated rings. The number of nitrogens with zero attached hydrogens (tertiary/aromatic N) is 2. The van der Waals surface area contributed by atoms with Crippen molar-refractivity contribution in [3.8, 4) is 0 Å². The van der Waals surface area contributed by atoms with E-state index in [4.69, 9.17) is 4.74 Å². The summed E-state index contributed by atoms with van der Waals surface area (Å²) in [5, 5.41) is 5.14. The van der Waals surface area contributed by atoms with E-state index in [1.165, 1.54) is 7.11 Å². The zero-order valence-electron chi connectivity index (χ0n) is 9.90. The van der Waals surface area contributed by atoms with E-state index in [1.807, 2.05) is 36.7 Å². The molecule has 17 heavy (non-hydrogen) atoms. The molecule has 0 radical (unpaired) electrons.